The van der Waals surface area contributed by atoms with E-state index in [0.29, 0.717) is 12.8 Å². The first kappa shape index (κ1) is 21.8. The zero-order valence-corrected chi connectivity index (χ0v) is 14.2. The van der Waals surface area contributed by atoms with Gasteiger partial charge in [0.2, 0.25) is 0 Å². The van der Waals surface area contributed by atoms with E-state index in [4.69, 9.17) is 24.4 Å². The number of esters is 2. The molecule has 0 bridgehead atoms. The molecule has 0 radical (unpaired) electrons. The normalized spacial score (nSPS) is 12.2. The van der Waals surface area contributed by atoms with Crippen molar-refractivity contribution in [1.82, 2.24) is 0 Å². The minimum Gasteiger partial charge on any atom is -0.462 e. The van der Waals surface area contributed by atoms with E-state index in [1.165, 1.54) is 0 Å². The third kappa shape index (κ3) is 12.0. The molecule has 0 saturated heterocycles. The zero-order valence-electron chi connectivity index (χ0n) is 14.2. The summed E-state index contributed by atoms with van der Waals surface area (Å²) in [6, 6.07) is 0. The second kappa shape index (κ2) is 14.4. The molecule has 0 aromatic heterocycles. The molecule has 0 heterocycles. The Balaban J connectivity index is 4.35. The van der Waals surface area contributed by atoms with Crippen LogP contribution in [-0.2, 0) is 23.8 Å². The van der Waals surface area contributed by atoms with Gasteiger partial charge in [-0.1, -0.05) is 26.7 Å². The van der Waals surface area contributed by atoms with Gasteiger partial charge in [0.05, 0.1) is 19.8 Å². The lowest BCUT2D eigenvalue weighted by atomic mass is 10.2. The summed E-state index contributed by atoms with van der Waals surface area (Å²) in [5.74, 6) is -0.725. The summed E-state index contributed by atoms with van der Waals surface area (Å²) < 4.78 is 15.6. The predicted octanol–water partition coefficient (Wildman–Crippen LogP) is 1.19. The van der Waals surface area contributed by atoms with E-state index < -0.39 is 12.2 Å². The van der Waals surface area contributed by atoms with Crippen molar-refractivity contribution < 1.29 is 34.0 Å². The van der Waals surface area contributed by atoms with Crippen LogP contribution < -0.4 is 0 Å². The molecule has 0 aromatic carbocycles. The first-order chi connectivity index (χ1) is 11.1. The van der Waals surface area contributed by atoms with Crippen molar-refractivity contribution in [3.05, 3.63) is 0 Å². The molecular formula is C16H30O7. The second-order valence-electron chi connectivity index (χ2n) is 5.32. The molecule has 0 rings (SSSR count). The molecule has 0 saturated carbocycles. The highest BCUT2D eigenvalue weighted by Gasteiger charge is 2.19. The van der Waals surface area contributed by atoms with Crippen LogP contribution in [0.25, 0.3) is 0 Å². The van der Waals surface area contributed by atoms with Crippen molar-refractivity contribution in [2.45, 2.75) is 64.6 Å². The average Bonchev–Trinajstić information content (AvgIpc) is 2.56. The summed E-state index contributed by atoms with van der Waals surface area (Å²) in [5.41, 5.74) is 0. The Hall–Kier alpha value is -1.18. The Labute approximate surface area is 137 Å². The summed E-state index contributed by atoms with van der Waals surface area (Å²) in [4.78, 5) is 23.2. The van der Waals surface area contributed by atoms with Crippen LogP contribution in [0.15, 0.2) is 0 Å². The average molecular weight is 334 g/mol. The third-order valence-corrected chi connectivity index (χ3v) is 3.12. The molecule has 0 amide bonds. The van der Waals surface area contributed by atoms with Crippen molar-refractivity contribution in [3.63, 3.8) is 0 Å². The quantitative estimate of drug-likeness (QED) is 0.460. The summed E-state index contributed by atoms with van der Waals surface area (Å²) in [6.07, 6.45) is 2.35. The van der Waals surface area contributed by atoms with Gasteiger partial charge >= 0.3 is 11.9 Å². The van der Waals surface area contributed by atoms with Gasteiger partial charge in [-0.2, -0.15) is 0 Å². The van der Waals surface area contributed by atoms with Crippen LogP contribution in [0.2, 0.25) is 0 Å². The number of hydrogen-bond acceptors (Lipinski definition) is 7. The molecule has 0 spiro atoms. The molecule has 1 atom stereocenters. The van der Waals surface area contributed by atoms with E-state index in [9.17, 15) is 9.59 Å². The van der Waals surface area contributed by atoms with E-state index in [1.54, 1.807) is 0 Å². The zero-order chi connectivity index (χ0) is 17.5. The smallest absolute Gasteiger partial charge is 0.306 e. The van der Waals surface area contributed by atoms with E-state index in [-0.39, 0.29) is 38.4 Å². The van der Waals surface area contributed by atoms with Crippen LogP contribution in [-0.4, -0.2) is 60.8 Å². The number of carbonyl (C=O) groups excluding carboxylic acids is 2. The molecule has 0 fully saturated rings. The van der Waals surface area contributed by atoms with Gasteiger partial charge in [-0.15, -0.1) is 0 Å². The molecule has 136 valence electrons. The van der Waals surface area contributed by atoms with Crippen LogP contribution in [0.1, 0.15) is 52.4 Å². The fraction of sp³-hybridized carbons (Fsp3) is 0.875. The predicted molar refractivity (Wildman–Crippen MR) is 83.8 cm³/mol. The minimum absolute atomic E-state index is 0.0509. The van der Waals surface area contributed by atoms with Crippen LogP contribution in [0.5, 0.6) is 0 Å². The molecule has 2 N–H and O–H groups in total. The topological polar surface area (TPSA) is 102 Å². The van der Waals surface area contributed by atoms with E-state index in [2.05, 4.69) is 0 Å². The Bertz CT molecular complexity index is 316. The lowest BCUT2D eigenvalue weighted by Gasteiger charge is -2.20. The van der Waals surface area contributed by atoms with Crippen molar-refractivity contribution in [2.75, 3.05) is 26.4 Å². The Morgan fingerprint density at radius 1 is 0.870 bits per heavy atom. The maximum atomic E-state index is 11.7. The van der Waals surface area contributed by atoms with E-state index in [1.807, 2.05) is 13.8 Å². The van der Waals surface area contributed by atoms with Gasteiger partial charge in [0.15, 0.2) is 6.10 Å². The van der Waals surface area contributed by atoms with Crippen LogP contribution in [0, 0.1) is 0 Å². The van der Waals surface area contributed by atoms with Gasteiger partial charge in [-0.05, 0) is 12.8 Å². The molecule has 23 heavy (non-hydrogen) atoms. The van der Waals surface area contributed by atoms with Crippen LogP contribution >= 0.6 is 0 Å². The summed E-state index contributed by atoms with van der Waals surface area (Å²) in [7, 11) is 0. The van der Waals surface area contributed by atoms with Gasteiger partial charge in [0, 0.05) is 12.8 Å². The van der Waals surface area contributed by atoms with E-state index >= 15 is 0 Å². The third-order valence-electron chi connectivity index (χ3n) is 3.12. The van der Waals surface area contributed by atoms with Crippen molar-refractivity contribution in [2.24, 2.45) is 0 Å². The molecule has 0 aliphatic rings. The number of rotatable bonds is 14. The highest BCUT2D eigenvalue weighted by atomic mass is 16.6. The second-order valence-corrected chi connectivity index (χ2v) is 5.32. The maximum Gasteiger partial charge on any atom is 0.306 e. The lowest BCUT2D eigenvalue weighted by Crippen LogP contribution is -2.33. The van der Waals surface area contributed by atoms with Gasteiger partial charge in [0.25, 0.3) is 0 Å². The highest BCUT2D eigenvalue weighted by molar-refractivity contribution is 5.70. The monoisotopic (exact) mass is 334 g/mol. The number of aliphatic hydroxyl groups is 2. The summed E-state index contributed by atoms with van der Waals surface area (Å²) in [5, 5.41) is 17.9. The van der Waals surface area contributed by atoms with Crippen LogP contribution in [0.4, 0.5) is 0 Å². The Kier molecular flexibility index (Phi) is 13.7. The fourth-order valence-corrected chi connectivity index (χ4v) is 1.67. The fourth-order valence-electron chi connectivity index (χ4n) is 1.67. The number of carbonyl (C=O) groups is 2. The SMILES string of the molecule is CCCCC(=O)OCC(COC(CO)CO)OC(=O)CCCC. The highest BCUT2D eigenvalue weighted by Crippen LogP contribution is 2.05. The molecule has 0 aliphatic heterocycles. The van der Waals surface area contributed by atoms with Crippen molar-refractivity contribution in [1.29, 1.82) is 0 Å². The molecule has 7 nitrogen and oxygen atoms in total. The van der Waals surface area contributed by atoms with Gasteiger partial charge in [-0.3, -0.25) is 9.59 Å². The minimum atomic E-state index is -0.748. The summed E-state index contributed by atoms with van der Waals surface area (Å²) >= 11 is 0. The van der Waals surface area contributed by atoms with Crippen LogP contribution in [0.3, 0.4) is 0 Å². The largest absolute Gasteiger partial charge is 0.462 e. The first-order valence-corrected chi connectivity index (χ1v) is 8.25. The number of aliphatic hydroxyl groups excluding tert-OH is 2. The Morgan fingerprint density at radius 3 is 1.96 bits per heavy atom. The van der Waals surface area contributed by atoms with Crippen molar-refractivity contribution >= 4 is 11.9 Å². The standard InChI is InChI=1S/C16H30O7/c1-3-5-7-15(19)22-12-14(11-21-13(9-17)10-18)23-16(20)8-6-4-2/h13-14,17-18H,3-12H2,1-2H3. The van der Waals surface area contributed by atoms with Crippen molar-refractivity contribution in [3.8, 4) is 0 Å². The first-order valence-electron chi connectivity index (χ1n) is 8.25. The van der Waals surface area contributed by atoms with Gasteiger partial charge < -0.3 is 24.4 Å². The molecular weight excluding hydrogens is 304 g/mol. The molecule has 0 aliphatic carbocycles. The lowest BCUT2D eigenvalue weighted by molar-refractivity contribution is -0.165. The maximum absolute atomic E-state index is 11.7. The van der Waals surface area contributed by atoms with Gasteiger partial charge in [-0.25, -0.2) is 0 Å². The van der Waals surface area contributed by atoms with E-state index in [0.717, 1.165) is 25.7 Å². The number of hydrogen-bond donors (Lipinski definition) is 2. The number of ether oxygens (including phenoxy) is 3. The number of unbranched alkanes of at least 4 members (excludes halogenated alkanes) is 2. The molecule has 7 heteroatoms. The molecule has 1 unspecified atom stereocenters. The molecule has 0 aromatic rings. The summed E-state index contributed by atoms with van der Waals surface area (Å²) in [6.45, 7) is 3.11. The Morgan fingerprint density at radius 2 is 1.43 bits per heavy atom. The van der Waals surface area contributed by atoms with Gasteiger partial charge in [0.1, 0.15) is 12.7 Å².